The van der Waals surface area contributed by atoms with Crippen molar-refractivity contribution < 1.29 is 0 Å². The molecular weight excluding hydrogens is 268 g/mol. The van der Waals surface area contributed by atoms with Gasteiger partial charge in [-0.25, -0.2) is 4.98 Å². The van der Waals surface area contributed by atoms with Crippen molar-refractivity contribution in [3.05, 3.63) is 28.6 Å². The minimum absolute atomic E-state index is 0.732. The number of imidazole rings is 1. The minimum atomic E-state index is 0.732. The van der Waals surface area contributed by atoms with E-state index in [2.05, 4.69) is 26.2 Å². The van der Waals surface area contributed by atoms with Crippen molar-refractivity contribution in [2.75, 3.05) is 19.3 Å². The van der Waals surface area contributed by atoms with Crippen LogP contribution in [0, 0.1) is 0 Å². The lowest BCUT2D eigenvalue weighted by molar-refractivity contribution is 0.701. The van der Waals surface area contributed by atoms with Gasteiger partial charge in [0.15, 0.2) is 0 Å². The van der Waals surface area contributed by atoms with Gasteiger partial charge < -0.3 is 11.1 Å². The number of pyridine rings is 1. The highest BCUT2D eigenvalue weighted by Gasteiger charge is 2.09. The van der Waals surface area contributed by atoms with Crippen molar-refractivity contribution in [1.82, 2.24) is 14.7 Å². The second-order valence-electron chi connectivity index (χ2n) is 3.70. The molecule has 0 saturated heterocycles. The van der Waals surface area contributed by atoms with Crippen molar-refractivity contribution in [2.24, 2.45) is 0 Å². The Bertz CT molecular complexity index is 492. The topological polar surface area (TPSA) is 55.3 Å². The van der Waals surface area contributed by atoms with E-state index in [1.165, 1.54) is 0 Å². The summed E-state index contributed by atoms with van der Waals surface area (Å²) >= 11 is 3.46. The number of halogens is 1. The summed E-state index contributed by atoms with van der Waals surface area (Å²) in [4.78, 5) is 4.49. The SMILES string of the molecule is CNCCCc1nc(Br)c2cccc(N)n12. The average Bonchev–Trinajstić information content (AvgIpc) is 2.58. The van der Waals surface area contributed by atoms with Gasteiger partial charge in [-0.1, -0.05) is 6.07 Å². The Hall–Kier alpha value is -1.07. The quantitative estimate of drug-likeness (QED) is 0.842. The summed E-state index contributed by atoms with van der Waals surface area (Å²) in [6.45, 7) is 0.985. The molecule has 0 aliphatic heterocycles. The van der Waals surface area contributed by atoms with E-state index in [-0.39, 0.29) is 0 Å². The summed E-state index contributed by atoms with van der Waals surface area (Å²) in [7, 11) is 1.95. The average molecular weight is 283 g/mol. The van der Waals surface area contributed by atoms with Gasteiger partial charge in [0.2, 0.25) is 0 Å². The first-order valence-corrected chi connectivity index (χ1v) is 6.09. The van der Waals surface area contributed by atoms with Gasteiger partial charge in [-0.3, -0.25) is 4.40 Å². The van der Waals surface area contributed by atoms with Crippen molar-refractivity contribution in [1.29, 1.82) is 0 Å². The Morgan fingerprint density at radius 1 is 1.50 bits per heavy atom. The molecule has 3 N–H and O–H groups in total. The van der Waals surface area contributed by atoms with Gasteiger partial charge in [-0.2, -0.15) is 0 Å². The Kier molecular flexibility index (Phi) is 3.46. The van der Waals surface area contributed by atoms with Crippen molar-refractivity contribution in [3.63, 3.8) is 0 Å². The molecule has 2 aromatic rings. The summed E-state index contributed by atoms with van der Waals surface area (Å²) in [5, 5.41) is 3.13. The summed E-state index contributed by atoms with van der Waals surface area (Å²) < 4.78 is 2.86. The number of nitrogens with two attached hydrogens (primary N) is 1. The van der Waals surface area contributed by atoms with Crippen LogP contribution in [0.3, 0.4) is 0 Å². The van der Waals surface area contributed by atoms with E-state index in [1.807, 2.05) is 29.6 Å². The number of fused-ring (bicyclic) bond motifs is 1. The smallest absolute Gasteiger partial charge is 0.132 e. The summed E-state index contributed by atoms with van der Waals surface area (Å²) in [5.41, 5.74) is 6.99. The Balaban J connectivity index is 2.37. The highest BCUT2D eigenvalue weighted by molar-refractivity contribution is 9.10. The summed E-state index contributed by atoms with van der Waals surface area (Å²) in [6, 6.07) is 5.84. The van der Waals surface area contributed by atoms with Crippen LogP contribution >= 0.6 is 15.9 Å². The lowest BCUT2D eigenvalue weighted by atomic mass is 10.3. The van der Waals surface area contributed by atoms with Gasteiger partial charge in [0.05, 0.1) is 5.52 Å². The molecule has 86 valence electrons. The van der Waals surface area contributed by atoms with Crippen LogP contribution in [0.5, 0.6) is 0 Å². The summed E-state index contributed by atoms with van der Waals surface area (Å²) in [6.07, 6.45) is 1.97. The molecule has 0 unspecified atom stereocenters. The van der Waals surface area contributed by atoms with Crippen LogP contribution in [0.25, 0.3) is 5.52 Å². The van der Waals surface area contributed by atoms with E-state index in [4.69, 9.17) is 5.73 Å². The first-order valence-electron chi connectivity index (χ1n) is 5.30. The zero-order chi connectivity index (χ0) is 11.5. The third kappa shape index (κ3) is 2.05. The van der Waals surface area contributed by atoms with Gasteiger partial charge in [-0.05, 0) is 48.1 Å². The number of anilines is 1. The molecule has 0 radical (unpaired) electrons. The van der Waals surface area contributed by atoms with Crippen molar-refractivity contribution in [2.45, 2.75) is 12.8 Å². The lowest BCUT2D eigenvalue weighted by Gasteiger charge is -2.04. The molecule has 0 spiro atoms. The third-order valence-electron chi connectivity index (χ3n) is 2.54. The van der Waals surface area contributed by atoms with E-state index in [0.29, 0.717) is 0 Å². The number of nitrogens with one attached hydrogen (secondary N) is 1. The molecule has 0 aliphatic rings. The van der Waals surface area contributed by atoms with Gasteiger partial charge in [0, 0.05) is 6.42 Å². The zero-order valence-electron chi connectivity index (χ0n) is 9.20. The number of nitrogen functional groups attached to an aromatic ring is 1. The molecular formula is C11H15BrN4. The van der Waals surface area contributed by atoms with E-state index in [9.17, 15) is 0 Å². The fourth-order valence-corrected chi connectivity index (χ4v) is 2.30. The van der Waals surface area contributed by atoms with Crippen LogP contribution in [0.15, 0.2) is 22.8 Å². The Morgan fingerprint density at radius 3 is 3.06 bits per heavy atom. The molecule has 0 saturated carbocycles. The fourth-order valence-electron chi connectivity index (χ4n) is 1.79. The summed E-state index contributed by atoms with van der Waals surface area (Å²) in [5.74, 6) is 1.74. The van der Waals surface area contributed by atoms with Crippen LogP contribution in [0.1, 0.15) is 12.2 Å². The molecule has 0 aromatic carbocycles. The number of hydrogen-bond acceptors (Lipinski definition) is 3. The molecule has 2 rings (SSSR count). The highest BCUT2D eigenvalue weighted by atomic mass is 79.9. The molecule has 5 heteroatoms. The third-order valence-corrected chi connectivity index (χ3v) is 3.13. The predicted octanol–water partition coefficient (Wildman–Crippen LogP) is 1.83. The first kappa shape index (κ1) is 11.4. The van der Waals surface area contributed by atoms with Gasteiger partial charge in [0.1, 0.15) is 16.2 Å². The van der Waals surface area contributed by atoms with Crippen LogP contribution in [0.4, 0.5) is 5.82 Å². The molecule has 2 aromatic heterocycles. The van der Waals surface area contributed by atoms with Crippen LogP contribution in [-0.2, 0) is 6.42 Å². The number of nitrogens with zero attached hydrogens (tertiary/aromatic N) is 2. The van der Waals surface area contributed by atoms with E-state index in [1.54, 1.807) is 0 Å². The fraction of sp³-hybridized carbons (Fsp3) is 0.364. The van der Waals surface area contributed by atoms with Crippen molar-refractivity contribution in [3.8, 4) is 0 Å². The number of hydrogen-bond donors (Lipinski definition) is 2. The number of aromatic nitrogens is 2. The maximum Gasteiger partial charge on any atom is 0.132 e. The first-order chi connectivity index (χ1) is 7.74. The second-order valence-corrected chi connectivity index (χ2v) is 4.45. The Morgan fingerprint density at radius 2 is 2.31 bits per heavy atom. The molecule has 0 bridgehead atoms. The zero-order valence-corrected chi connectivity index (χ0v) is 10.8. The Labute approximate surface area is 103 Å². The van der Waals surface area contributed by atoms with E-state index in [0.717, 1.165) is 41.1 Å². The molecule has 2 heterocycles. The van der Waals surface area contributed by atoms with Gasteiger partial charge in [-0.15, -0.1) is 0 Å². The normalized spacial score (nSPS) is 11.1. The number of rotatable bonds is 4. The van der Waals surface area contributed by atoms with E-state index < -0.39 is 0 Å². The van der Waals surface area contributed by atoms with Gasteiger partial charge >= 0.3 is 0 Å². The largest absolute Gasteiger partial charge is 0.385 e. The second kappa shape index (κ2) is 4.84. The number of aryl methyl sites for hydroxylation is 1. The van der Waals surface area contributed by atoms with Gasteiger partial charge in [0.25, 0.3) is 0 Å². The minimum Gasteiger partial charge on any atom is -0.385 e. The molecule has 16 heavy (non-hydrogen) atoms. The van der Waals surface area contributed by atoms with Crippen LogP contribution in [0.2, 0.25) is 0 Å². The van der Waals surface area contributed by atoms with Crippen LogP contribution < -0.4 is 11.1 Å². The maximum absolute atomic E-state index is 5.96. The molecule has 0 aliphatic carbocycles. The standard InChI is InChI=1S/C11H15BrN4/c1-14-7-3-6-10-15-11(12)8-4-2-5-9(13)16(8)10/h2,4-5,14H,3,6-7,13H2,1H3. The molecule has 0 amide bonds. The molecule has 4 nitrogen and oxygen atoms in total. The monoisotopic (exact) mass is 282 g/mol. The van der Waals surface area contributed by atoms with E-state index >= 15 is 0 Å². The van der Waals surface area contributed by atoms with Crippen molar-refractivity contribution >= 4 is 27.3 Å². The highest BCUT2D eigenvalue weighted by Crippen LogP contribution is 2.22. The lowest BCUT2D eigenvalue weighted by Crippen LogP contribution is -2.10. The van der Waals surface area contributed by atoms with Crippen LogP contribution in [-0.4, -0.2) is 23.0 Å². The maximum atomic E-state index is 5.96. The predicted molar refractivity (Wildman–Crippen MR) is 69.6 cm³/mol. The molecule has 0 fully saturated rings. The molecule has 0 atom stereocenters.